The Morgan fingerprint density at radius 3 is 3.18 bits per heavy atom. The number of rotatable bonds is 4. The number of carbonyl (C=O) groups is 1. The van der Waals surface area contributed by atoms with Crippen molar-refractivity contribution < 1.29 is 9.53 Å². The highest BCUT2D eigenvalue weighted by Crippen LogP contribution is 2.18. The molecule has 0 bridgehead atoms. The highest BCUT2D eigenvalue weighted by Gasteiger charge is 2.21. The lowest BCUT2D eigenvalue weighted by Gasteiger charge is -2.31. The molecule has 4 nitrogen and oxygen atoms in total. The summed E-state index contributed by atoms with van der Waals surface area (Å²) in [4.78, 5) is 17.6. The van der Waals surface area contributed by atoms with Crippen LogP contribution in [0.4, 0.5) is 0 Å². The molecule has 0 radical (unpaired) electrons. The van der Waals surface area contributed by atoms with Crippen LogP contribution in [-0.2, 0) is 11.3 Å². The van der Waals surface area contributed by atoms with Crippen LogP contribution < -0.4 is 4.74 Å². The largest absolute Gasteiger partial charge is 0.481 e. The Morgan fingerprint density at radius 1 is 1.53 bits per heavy atom. The van der Waals surface area contributed by atoms with Gasteiger partial charge in [0.1, 0.15) is 6.29 Å². The molecule has 1 unspecified atom stereocenters. The Labute approximate surface area is 102 Å². The van der Waals surface area contributed by atoms with E-state index in [1.165, 1.54) is 0 Å². The fraction of sp³-hybridized carbons (Fsp3) is 0.538. The molecule has 1 aromatic rings. The molecule has 17 heavy (non-hydrogen) atoms. The summed E-state index contributed by atoms with van der Waals surface area (Å²) in [6.45, 7) is 1.70. The van der Waals surface area contributed by atoms with E-state index in [0.29, 0.717) is 5.88 Å². The quantitative estimate of drug-likeness (QED) is 0.743. The fourth-order valence-electron chi connectivity index (χ4n) is 2.23. The third-order valence-corrected chi connectivity index (χ3v) is 3.18. The molecule has 1 aromatic heterocycles. The average molecular weight is 234 g/mol. The minimum atomic E-state index is 0.0525. The first-order valence-corrected chi connectivity index (χ1v) is 6.03. The number of nitrogens with zero attached hydrogens (tertiary/aromatic N) is 2. The van der Waals surface area contributed by atoms with Gasteiger partial charge in [0, 0.05) is 12.6 Å². The molecule has 0 aromatic carbocycles. The van der Waals surface area contributed by atoms with Crippen molar-refractivity contribution >= 4 is 6.29 Å². The maximum atomic E-state index is 11.0. The van der Waals surface area contributed by atoms with Crippen molar-refractivity contribution in [2.24, 2.45) is 0 Å². The molecule has 1 fully saturated rings. The van der Waals surface area contributed by atoms with E-state index in [0.717, 1.165) is 44.3 Å². The van der Waals surface area contributed by atoms with Gasteiger partial charge in [-0.3, -0.25) is 4.90 Å². The van der Waals surface area contributed by atoms with Crippen LogP contribution >= 0.6 is 0 Å². The van der Waals surface area contributed by atoms with Crippen molar-refractivity contribution in [1.82, 2.24) is 9.88 Å². The molecule has 0 N–H and O–H groups in total. The van der Waals surface area contributed by atoms with Gasteiger partial charge in [0.15, 0.2) is 0 Å². The fourth-order valence-corrected chi connectivity index (χ4v) is 2.23. The van der Waals surface area contributed by atoms with Gasteiger partial charge >= 0.3 is 0 Å². The van der Waals surface area contributed by atoms with E-state index in [1.54, 1.807) is 7.11 Å². The molecule has 2 rings (SSSR count). The van der Waals surface area contributed by atoms with Crippen LogP contribution in [0.3, 0.4) is 0 Å². The standard InChI is InChI=1S/C13H18N2O2/c1-17-13-7-4-5-11(14-13)9-15-8-3-2-6-12(15)10-16/h4-5,7,10,12H,2-3,6,8-9H2,1H3. The molecule has 1 aliphatic rings. The van der Waals surface area contributed by atoms with Crippen molar-refractivity contribution in [3.8, 4) is 5.88 Å². The monoisotopic (exact) mass is 234 g/mol. The van der Waals surface area contributed by atoms with Gasteiger partial charge in [-0.1, -0.05) is 12.5 Å². The number of piperidine rings is 1. The molecule has 0 spiro atoms. The van der Waals surface area contributed by atoms with Crippen molar-refractivity contribution in [2.45, 2.75) is 31.8 Å². The number of carbonyl (C=O) groups excluding carboxylic acids is 1. The molecule has 1 atom stereocenters. The highest BCUT2D eigenvalue weighted by molar-refractivity contribution is 5.57. The smallest absolute Gasteiger partial charge is 0.213 e. The number of aromatic nitrogens is 1. The summed E-state index contributed by atoms with van der Waals surface area (Å²) in [6.07, 6.45) is 4.33. The first kappa shape index (κ1) is 12.0. The van der Waals surface area contributed by atoms with Crippen LogP contribution in [0.25, 0.3) is 0 Å². The molecule has 1 aliphatic heterocycles. The Hall–Kier alpha value is -1.42. The summed E-state index contributed by atoms with van der Waals surface area (Å²) in [5, 5.41) is 0. The molecule has 2 heterocycles. The maximum absolute atomic E-state index is 11.0. The minimum absolute atomic E-state index is 0.0525. The van der Waals surface area contributed by atoms with Crippen LogP contribution in [0, 0.1) is 0 Å². The number of hydrogen-bond donors (Lipinski definition) is 0. The van der Waals surface area contributed by atoms with Crippen LogP contribution in [-0.4, -0.2) is 35.9 Å². The van der Waals surface area contributed by atoms with Crippen molar-refractivity contribution in [3.05, 3.63) is 23.9 Å². The van der Waals surface area contributed by atoms with E-state index in [4.69, 9.17) is 4.74 Å². The summed E-state index contributed by atoms with van der Waals surface area (Å²) in [5.41, 5.74) is 0.957. The Morgan fingerprint density at radius 2 is 2.41 bits per heavy atom. The van der Waals surface area contributed by atoms with Crippen molar-refractivity contribution in [3.63, 3.8) is 0 Å². The third kappa shape index (κ3) is 3.03. The van der Waals surface area contributed by atoms with E-state index in [1.807, 2.05) is 18.2 Å². The molecule has 0 amide bonds. The zero-order chi connectivity index (χ0) is 12.1. The van der Waals surface area contributed by atoms with E-state index in [9.17, 15) is 4.79 Å². The number of aldehydes is 1. The van der Waals surface area contributed by atoms with Gasteiger partial charge in [-0.2, -0.15) is 0 Å². The predicted molar refractivity (Wildman–Crippen MR) is 64.9 cm³/mol. The Kier molecular flexibility index (Phi) is 4.09. The number of methoxy groups -OCH3 is 1. The minimum Gasteiger partial charge on any atom is -0.481 e. The van der Waals surface area contributed by atoms with Crippen LogP contribution in [0.1, 0.15) is 25.0 Å². The van der Waals surface area contributed by atoms with Crippen molar-refractivity contribution in [1.29, 1.82) is 0 Å². The second-order valence-corrected chi connectivity index (χ2v) is 4.34. The van der Waals surface area contributed by atoms with Gasteiger partial charge in [0.2, 0.25) is 5.88 Å². The number of hydrogen-bond acceptors (Lipinski definition) is 4. The first-order valence-electron chi connectivity index (χ1n) is 6.03. The SMILES string of the molecule is COc1cccc(CN2CCCCC2C=O)n1. The van der Waals surface area contributed by atoms with E-state index < -0.39 is 0 Å². The van der Waals surface area contributed by atoms with E-state index in [-0.39, 0.29) is 6.04 Å². The normalized spacial score (nSPS) is 21.1. The second-order valence-electron chi connectivity index (χ2n) is 4.34. The summed E-state index contributed by atoms with van der Waals surface area (Å²) >= 11 is 0. The lowest BCUT2D eigenvalue weighted by Crippen LogP contribution is -2.40. The maximum Gasteiger partial charge on any atom is 0.213 e. The topological polar surface area (TPSA) is 42.4 Å². The van der Waals surface area contributed by atoms with Gasteiger partial charge in [-0.25, -0.2) is 4.98 Å². The summed E-state index contributed by atoms with van der Waals surface area (Å²) in [6, 6.07) is 5.79. The van der Waals surface area contributed by atoms with Crippen LogP contribution in [0.2, 0.25) is 0 Å². The van der Waals surface area contributed by atoms with Gasteiger partial charge in [-0.15, -0.1) is 0 Å². The summed E-state index contributed by atoms with van der Waals surface area (Å²) in [5.74, 6) is 0.627. The third-order valence-electron chi connectivity index (χ3n) is 3.18. The second kappa shape index (κ2) is 5.77. The molecule has 92 valence electrons. The van der Waals surface area contributed by atoms with E-state index in [2.05, 4.69) is 9.88 Å². The van der Waals surface area contributed by atoms with Gasteiger partial charge in [0.25, 0.3) is 0 Å². The zero-order valence-electron chi connectivity index (χ0n) is 10.1. The Balaban J connectivity index is 2.05. The first-order chi connectivity index (χ1) is 8.33. The highest BCUT2D eigenvalue weighted by atomic mass is 16.5. The molecule has 0 aliphatic carbocycles. The molecular formula is C13H18N2O2. The lowest BCUT2D eigenvalue weighted by molar-refractivity contribution is -0.113. The van der Waals surface area contributed by atoms with Crippen LogP contribution in [0.15, 0.2) is 18.2 Å². The molecule has 1 saturated heterocycles. The summed E-state index contributed by atoms with van der Waals surface area (Å²) < 4.78 is 5.10. The average Bonchev–Trinajstić information content (AvgIpc) is 2.39. The molecule has 4 heteroatoms. The van der Waals surface area contributed by atoms with Gasteiger partial charge < -0.3 is 9.53 Å². The Bertz CT molecular complexity index is 381. The number of ether oxygens (including phenoxy) is 1. The lowest BCUT2D eigenvalue weighted by atomic mass is 10.0. The van der Waals surface area contributed by atoms with E-state index >= 15 is 0 Å². The number of likely N-dealkylation sites (tertiary alicyclic amines) is 1. The molecular weight excluding hydrogens is 216 g/mol. The van der Waals surface area contributed by atoms with Crippen LogP contribution in [0.5, 0.6) is 5.88 Å². The number of pyridine rings is 1. The predicted octanol–water partition coefficient (Wildman–Crippen LogP) is 1.64. The van der Waals surface area contributed by atoms with Crippen molar-refractivity contribution in [2.75, 3.05) is 13.7 Å². The zero-order valence-corrected chi connectivity index (χ0v) is 10.1. The summed E-state index contributed by atoms with van der Waals surface area (Å²) in [7, 11) is 1.61. The molecule has 0 saturated carbocycles. The van der Waals surface area contributed by atoms with Gasteiger partial charge in [0.05, 0.1) is 18.8 Å². The van der Waals surface area contributed by atoms with Gasteiger partial charge in [-0.05, 0) is 25.5 Å².